The van der Waals surface area contributed by atoms with Crippen molar-refractivity contribution >= 4 is 16.7 Å². The number of nitrogens with zero attached hydrogens (tertiary/aromatic N) is 3. The molecular formula is C30H35N3O4. The van der Waals surface area contributed by atoms with Crippen LogP contribution in [0.15, 0.2) is 47.3 Å². The number of aromatic nitrogens is 2. The second-order valence-corrected chi connectivity index (χ2v) is 10.7. The number of benzene rings is 2. The number of amides is 1. The van der Waals surface area contributed by atoms with Crippen molar-refractivity contribution in [2.45, 2.75) is 69.9 Å². The normalized spacial score (nSPS) is 19.2. The first-order chi connectivity index (χ1) is 18.1. The molecule has 1 saturated carbocycles. The molecule has 7 nitrogen and oxygen atoms in total. The third kappa shape index (κ3) is 4.23. The molecule has 2 aliphatic heterocycles. The molecule has 37 heavy (non-hydrogen) atoms. The molecule has 0 spiro atoms. The summed E-state index contributed by atoms with van der Waals surface area (Å²) in [6.45, 7) is 4.77. The molecule has 0 unspecified atom stereocenters. The third-order valence-corrected chi connectivity index (χ3v) is 8.47. The highest BCUT2D eigenvalue weighted by molar-refractivity contribution is 5.96. The van der Waals surface area contributed by atoms with Gasteiger partial charge in [-0.25, -0.2) is 0 Å². The number of carbonyl (C=O) groups is 1. The van der Waals surface area contributed by atoms with Gasteiger partial charge in [0.05, 0.1) is 25.9 Å². The van der Waals surface area contributed by atoms with Crippen molar-refractivity contribution < 1.29 is 14.3 Å². The molecular weight excluding hydrogens is 466 g/mol. The SMILES string of the molecule is CCCCOc1c2n(c(CC3(c4cccc5ccccc45)CCCC3)nc1=O)CCN(C1COC1)C2=O. The Hall–Kier alpha value is -3.19. The first-order valence-corrected chi connectivity index (χ1v) is 13.7. The summed E-state index contributed by atoms with van der Waals surface area (Å²) in [7, 11) is 0. The quantitative estimate of drug-likeness (QED) is 0.426. The Bertz CT molecular complexity index is 1370. The zero-order valence-corrected chi connectivity index (χ0v) is 21.6. The van der Waals surface area contributed by atoms with Gasteiger partial charge in [-0.3, -0.25) is 9.59 Å². The smallest absolute Gasteiger partial charge is 0.316 e. The lowest BCUT2D eigenvalue weighted by molar-refractivity contribution is -0.0576. The van der Waals surface area contributed by atoms with E-state index in [9.17, 15) is 9.59 Å². The first kappa shape index (κ1) is 24.2. The molecule has 3 heterocycles. The standard InChI is InChI=1S/C30H35N3O4/c1-2-3-17-37-27-26-29(35)32(22-19-36-20-22)15-16-33(26)25(31-28(27)34)18-30(13-6-7-14-30)24-12-8-10-21-9-4-5-11-23(21)24/h4-5,8-12,22H,2-3,6-7,13-20H2,1H3. The summed E-state index contributed by atoms with van der Waals surface area (Å²) in [6, 6.07) is 15.1. The van der Waals surface area contributed by atoms with Crippen LogP contribution in [0, 0.1) is 0 Å². The molecule has 7 heteroatoms. The first-order valence-electron chi connectivity index (χ1n) is 13.7. The number of carbonyl (C=O) groups excluding carboxylic acids is 1. The topological polar surface area (TPSA) is 73.7 Å². The van der Waals surface area contributed by atoms with E-state index in [2.05, 4.69) is 54.4 Å². The van der Waals surface area contributed by atoms with Gasteiger partial charge in [-0.05, 0) is 35.6 Å². The molecule has 0 bridgehead atoms. The van der Waals surface area contributed by atoms with Crippen molar-refractivity contribution in [1.82, 2.24) is 14.5 Å². The highest BCUT2D eigenvalue weighted by Gasteiger charge is 2.41. The number of hydrogen-bond acceptors (Lipinski definition) is 5. The molecule has 3 aromatic rings. The highest BCUT2D eigenvalue weighted by Crippen LogP contribution is 2.46. The fourth-order valence-electron chi connectivity index (χ4n) is 6.40. The van der Waals surface area contributed by atoms with Gasteiger partial charge in [0, 0.05) is 24.9 Å². The van der Waals surface area contributed by atoms with Crippen molar-refractivity contribution in [3.8, 4) is 5.75 Å². The van der Waals surface area contributed by atoms with E-state index in [4.69, 9.17) is 9.47 Å². The number of hydrogen-bond donors (Lipinski definition) is 0. The lowest BCUT2D eigenvalue weighted by Gasteiger charge is -2.41. The molecule has 1 aliphatic carbocycles. The minimum Gasteiger partial charge on any atom is -0.486 e. The molecule has 0 radical (unpaired) electrons. The van der Waals surface area contributed by atoms with Crippen molar-refractivity contribution in [2.24, 2.45) is 0 Å². The predicted octanol–water partition coefficient (Wildman–Crippen LogP) is 4.48. The molecule has 0 N–H and O–H groups in total. The number of fused-ring (bicyclic) bond motifs is 2. The molecule has 2 fully saturated rings. The summed E-state index contributed by atoms with van der Waals surface area (Å²) in [5.41, 5.74) is 1.15. The Morgan fingerprint density at radius 1 is 1.05 bits per heavy atom. The van der Waals surface area contributed by atoms with Crippen LogP contribution in [-0.2, 0) is 23.1 Å². The lowest BCUT2D eigenvalue weighted by atomic mass is 9.74. The molecule has 1 saturated heterocycles. The van der Waals surface area contributed by atoms with Gasteiger partial charge in [-0.2, -0.15) is 4.98 Å². The monoisotopic (exact) mass is 501 g/mol. The van der Waals surface area contributed by atoms with Crippen LogP contribution in [0.3, 0.4) is 0 Å². The Balaban J connectivity index is 1.45. The molecule has 3 aliphatic rings. The maximum Gasteiger partial charge on any atom is 0.316 e. The molecule has 1 amide bonds. The van der Waals surface area contributed by atoms with Gasteiger partial charge >= 0.3 is 5.56 Å². The van der Waals surface area contributed by atoms with Crippen molar-refractivity contribution in [1.29, 1.82) is 0 Å². The van der Waals surface area contributed by atoms with Crippen molar-refractivity contribution in [3.05, 3.63) is 69.9 Å². The van der Waals surface area contributed by atoms with Crippen LogP contribution < -0.4 is 10.3 Å². The van der Waals surface area contributed by atoms with Crippen LogP contribution in [-0.4, -0.2) is 52.8 Å². The summed E-state index contributed by atoms with van der Waals surface area (Å²) >= 11 is 0. The summed E-state index contributed by atoms with van der Waals surface area (Å²) in [4.78, 5) is 33.6. The average molecular weight is 502 g/mol. The largest absolute Gasteiger partial charge is 0.486 e. The fourth-order valence-corrected chi connectivity index (χ4v) is 6.40. The highest BCUT2D eigenvalue weighted by atomic mass is 16.5. The van der Waals surface area contributed by atoms with Gasteiger partial charge in [0.2, 0.25) is 5.75 Å². The second kappa shape index (κ2) is 9.93. The van der Waals surface area contributed by atoms with Crippen LogP contribution in [0.2, 0.25) is 0 Å². The van der Waals surface area contributed by atoms with Crippen LogP contribution >= 0.6 is 0 Å². The lowest BCUT2D eigenvalue weighted by Crippen LogP contribution is -2.56. The average Bonchev–Trinajstić information content (AvgIpc) is 3.35. The Morgan fingerprint density at radius 2 is 1.84 bits per heavy atom. The van der Waals surface area contributed by atoms with E-state index in [1.165, 1.54) is 16.3 Å². The Kier molecular flexibility index (Phi) is 6.49. The van der Waals surface area contributed by atoms with Crippen molar-refractivity contribution in [3.63, 3.8) is 0 Å². The van der Waals surface area contributed by atoms with E-state index < -0.39 is 5.56 Å². The second-order valence-electron chi connectivity index (χ2n) is 10.7. The zero-order valence-electron chi connectivity index (χ0n) is 21.6. The van der Waals surface area contributed by atoms with E-state index in [1.54, 1.807) is 0 Å². The van der Waals surface area contributed by atoms with Gasteiger partial charge in [0.1, 0.15) is 5.82 Å². The third-order valence-electron chi connectivity index (χ3n) is 8.47. The minimum absolute atomic E-state index is 0.0633. The van der Waals surface area contributed by atoms with Crippen LogP contribution in [0.4, 0.5) is 0 Å². The fraction of sp³-hybridized carbons (Fsp3) is 0.500. The molecule has 6 rings (SSSR count). The number of rotatable bonds is 8. The summed E-state index contributed by atoms with van der Waals surface area (Å²) in [6.07, 6.45) is 6.78. The molecule has 1 aromatic heterocycles. The maximum absolute atomic E-state index is 13.8. The minimum atomic E-state index is -0.427. The summed E-state index contributed by atoms with van der Waals surface area (Å²) in [5, 5.41) is 2.49. The van der Waals surface area contributed by atoms with E-state index in [0.717, 1.165) is 38.5 Å². The van der Waals surface area contributed by atoms with Crippen LogP contribution in [0.1, 0.15) is 67.3 Å². The van der Waals surface area contributed by atoms with Gasteiger partial charge in [0.15, 0.2) is 5.69 Å². The Labute approximate surface area is 217 Å². The van der Waals surface area contributed by atoms with E-state index in [0.29, 0.717) is 50.8 Å². The molecule has 0 atom stereocenters. The van der Waals surface area contributed by atoms with Gasteiger partial charge in [-0.1, -0.05) is 68.7 Å². The van der Waals surface area contributed by atoms with Crippen molar-refractivity contribution in [2.75, 3.05) is 26.4 Å². The number of ether oxygens (including phenoxy) is 2. The molecule has 194 valence electrons. The van der Waals surface area contributed by atoms with Gasteiger partial charge in [0.25, 0.3) is 5.91 Å². The van der Waals surface area contributed by atoms with Gasteiger partial charge < -0.3 is 18.9 Å². The Morgan fingerprint density at radius 3 is 2.59 bits per heavy atom. The molecule has 2 aromatic carbocycles. The zero-order chi connectivity index (χ0) is 25.4. The van der Waals surface area contributed by atoms with E-state index in [1.807, 2.05) is 9.47 Å². The van der Waals surface area contributed by atoms with E-state index in [-0.39, 0.29) is 23.1 Å². The van der Waals surface area contributed by atoms with Crippen LogP contribution in [0.5, 0.6) is 5.75 Å². The van der Waals surface area contributed by atoms with Crippen LogP contribution in [0.25, 0.3) is 10.8 Å². The summed E-state index contributed by atoms with van der Waals surface area (Å²) in [5.74, 6) is 0.672. The maximum atomic E-state index is 13.8. The van der Waals surface area contributed by atoms with E-state index >= 15 is 0 Å². The summed E-state index contributed by atoms with van der Waals surface area (Å²) < 4.78 is 13.3. The predicted molar refractivity (Wildman–Crippen MR) is 142 cm³/mol. The van der Waals surface area contributed by atoms with Gasteiger partial charge in [-0.15, -0.1) is 0 Å². The number of unbranched alkanes of at least 4 members (excludes halogenated alkanes) is 1.